The minimum atomic E-state index is -4.36. The van der Waals surface area contributed by atoms with Crippen LogP contribution in [0, 0.1) is 5.92 Å². The highest BCUT2D eigenvalue weighted by molar-refractivity contribution is 6.31. The topological polar surface area (TPSA) is 54.5 Å². The maximum atomic E-state index is 13.2. The molecule has 1 fully saturated rings. The van der Waals surface area contributed by atoms with E-state index in [0.29, 0.717) is 27.5 Å². The number of nitrogens with zero attached hydrogens (tertiary/aromatic N) is 3. The van der Waals surface area contributed by atoms with Crippen molar-refractivity contribution in [2.24, 2.45) is 5.92 Å². The lowest BCUT2D eigenvalue weighted by Gasteiger charge is -2.32. The summed E-state index contributed by atoms with van der Waals surface area (Å²) in [5.74, 6) is 1.81. The normalized spacial score (nSPS) is 20.7. The van der Waals surface area contributed by atoms with Crippen molar-refractivity contribution < 1.29 is 13.2 Å². The summed E-state index contributed by atoms with van der Waals surface area (Å²) >= 11 is 6.03. The van der Waals surface area contributed by atoms with E-state index in [2.05, 4.69) is 26.9 Å². The summed E-state index contributed by atoms with van der Waals surface area (Å²) in [6, 6.07) is 7.53. The van der Waals surface area contributed by atoms with E-state index in [4.69, 9.17) is 11.6 Å². The Morgan fingerprint density at radius 3 is 2.59 bits per heavy atom. The van der Waals surface area contributed by atoms with Crippen molar-refractivity contribution in [2.45, 2.75) is 50.6 Å². The molecule has 4 nitrogen and oxygen atoms in total. The first kappa shape index (κ1) is 21.2. The number of benzene rings is 1. The fourth-order valence-corrected chi connectivity index (χ4v) is 5.12. The summed E-state index contributed by atoms with van der Waals surface area (Å²) in [7, 11) is 0. The van der Waals surface area contributed by atoms with E-state index in [1.165, 1.54) is 12.1 Å². The Kier molecular flexibility index (Phi) is 5.32. The molecule has 0 spiro atoms. The summed E-state index contributed by atoms with van der Waals surface area (Å²) in [5, 5.41) is 1.18. The molecule has 1 aliphatic rings. The van der Waals surface area contributed by atoms with Crippen LogP contribution in [0.4, 0.5) is 13.2 Å². The zero-order valence-electron chi connectivity index (χ0n) is 17.5. The van der Waals surface area contributed by atoms with E-state index in [1.54, 1.807) is 12.4 Å². The summed E-state index contributed by atoms with van der Waals surface area (Å²) in [4.78, 5) is 16.5. The van der Waals surface area contributed by atoms with Crippen molar-refractivity contribution in [3.63, 3.8) is 0 Å². The summed E-state index contributed by atoms with van der Waals surface area (Å²) in [6.07, 6.45) is 2.75. The van der Waals surface area contributed by atoms with Crippen LogP contribution in [0.5, 0.6) is 0 Å². The summed E-state index contributed by atoms with van der Waals surface area (Å²) in [5.41, 5.74) is 2.44. The number of hydrogen-bond donors (Lipinski definition) is 1. The fourth-order valence-electron chi connectivity index (χ4n) is 4.96. The maximum Gasteiger partial charge on any atom is 0.416 e. The first-order valence-corrected chi connectivity index (χ1v) is 11.1. The van der Waals surface area contributed by atoms with Gasteiger partial charge in [-0.2, -0.15) is 13.2 Å². The summed E-state index contributed by atoms with van der Waals surface area (Å²) < 4.78 is 39.7. The molecule has 8 heteroatoms. The van der Waals surface area contributed by atoms with Crippen LogP contribution >= 0.6 is 11.6 Å². The minimum absolute atomic E-state index is 0.226. The third kappa shape index (κ3) is 3.94. The predicted octanol–water partition coefficient (Wildman–Crippen LogP) is 7.26. The fraction of sp³-hybridized carbons (Fsp3) is 0.375. The van der Waals surface area contributed by atoms with Gasteiger partial charge in [0.2, 0.25) is 0 Å². The summed E-state index contributed by atoms with van der Waals surface area (Å²) in [6.45, 7) is 2.17. The Labute approximate surface area is 188 Å². The van der Waals surface area contributed by atoms with E-state index in [-0.39, 0.29) is 11.8 Å². The molecule has 3 heterocycles. The molecule has 1 unspecified atom stereocenters. The third-order valence-electron chi connectivity index (χ3n) is 6.78. The number of alkyl halides is 3. The van der Waals surface area contributed by atoms with Crippen LogP contribution < -0.4 is 0 Å². The molecule has 1 atom stereocenters. The predicted molar refractivity (Wildman–Crippen MR) is 119 cm³/mol. The third-order valence-corrected chi connectivity index (χ3v) is 6.98. The number of nitrogens with one attached hydrogen (secondary N) is 1. The molecule has 1 saturated carbocycles. The van der Waals surface area contributed by atoms with Crippen LogP contribution in [0.15, 0.2) is 42.7 Å². The number of hydrogen-bond acceptors (Lipinski definition) is 3. The number of imidazole rings is 1. The monoisotopic (exact) mass is 458 g/mol. The molecule has 0 amide bonds. The number of pyridine rings is 2. The Bertz CT molecular complexity index is 1280. The molecule has 0 bridgehead atoms. The van der Waals surface area contributed by atoms with Gasteiger partial charge < -0.3 is 4.98 Å². The van der Waals surface area contributed by atoms with Crippen molar-refractivity contribution in [2.75, 3.05) is 0 Å². The molecule has 32 heavy (non-hydrogen) atoms. The highest BCUT2D eigenvalue weighted by Gasteiger charge is 2.32. The Balaban J connectivity index is 1.35. The van der Waals surface area contributed by atoms with Crippen molar-refractivity contribution in [3.05, 3.63) is 64.7 Å². The highest BCUT2D eigenvalue weighted by Crippen LogP contribution is 2.43. The molecule has 1 N–H and O–H groups in total. The van der Waals surface area contributed by atoms with Gasteiger partial charge in [0.1, 0.15) is 5.82 Å². The Morgan fingerprint density at radius 1 is 1.06 bits per heavy atom. The van der Waals surface area contributed by atoms with Crippen LogP contribution in [-0.2, 0) is 6.18 Å². The van der Waals surface area contributed by atoms with Gasteiger partial charge in [0.25, 0.3) is 0 Å². The Hall–Kier alpha value is -2.67. The maximum absolute atomic E-state index is 13.2. The van der Waals surface area contributed by atoms with Crippen LogP contribution in [0.25, 0.3) is 22.1 Å². The molecular formula is C24H22ClF3N4. The standard InChI is InChI=1S/C24H22ClF3N4/c1-13(22-31-21-11-17(25)12-30-23(21)32-22)14-2-4-15(5-3-14)18-8-9-29-20-7-6-16(10-19(18)20)24(26,27)28/h6-15H,2-5H2,1H3,(H,30,31,32). The lowest BCUT2D eigenvalue weighted by atomic mass is 9.73. The molecule has 0 radical (unpaired) electrons. The Morgan fingerprint density at radius 2 is 1.84 bits per heavy atom. The number of aromatic amines is 1. The average molecular weight is 459 g/mol. The van der Waals surface area contributed by atoms with E-state index >= 15 is 0 Å². The van der Waals surface area contributed by atoms with Gasteiger partial charge in [-0.15, -0.1) is 0 Å². The van der Waals surface area contributed by atoms with Crippen LogP contribution in [0.2, 0.25) is 5.02 Å². The van der Waals surface area contributed by atoms with Gasteiger partial charge >= 0.3 is 6.18 Å². The smallest absolute Gasteiger partial charge is 0.340 e. The SMILES string of the molecule is CC(c1nc2ncc(Cl)cc2[nH]1)C1CCC(c2ccnc3ccc(C(F)(F)F)cc23)CC1. The lowest BCUT2D eigenvalue weighted by Crippen LogP contribution is -2.19. The van der Waals surface area contributed by atoms with Gasteiger partial charge in [-0.1, -0.05) is 18.5 Å². The van der Waals surface area contributed by atoms with Gasteiger partial charge in [-0.25, -0.2) is 9.97 Å². The van der Waals surface area contributed by atoms with E-state index in [0.717, 1.165) is 48.7 Å². The average Bonchev–Trinajstić information content (AvgIpc) is 3.20. The second-order valence-corrected chi connectivity index (χ2v) is 9.11. The van der Waals surface area contributed by atoms with Crippen molar-refractivity contribution in [3.8, 4) is 0 Å². The van der Waals surface area contributed by atoms with Gasteiger partial charge in [-0.05, 0) is 73.4 Å². The molecular weight excluding hydrogens is 437 g/mol. The second kappa shape index (κ2) is 8.03. The quantitative estimate of drug-likeness (QED) is 0.351. The second-order valence-electron chi connectivity index (χ2n) is 8.68. The van der Waals surface area contributed by atoms with Crippen LogP contribution in [-0.4, -0.2) is 19.9 Å². The van der Waals surface area contributed by atoms with Crippen molar-refractivity contribution >= 4 is 33.7 Å². The van der Waals surface area contributed by atoms with Gasteiger partial charge in [0, 0.05) is 23.7 Å². The minimum Gasteiger partial charge on any atom is -0.340 e. The van der Waals surface area contributed by atoms with Crippen molar-refractivity contribution in [1.82, 2.24) is 19.9 Å². The van der Waals surface area contributed by atoms with E-state index in [1.807, 2.05) is 12.1 Å². The van der Waals surface area contributed by atoms with Crippen LogP contribution in [0.1, 0.15) is 61.4 Å². The highest BCUT2D eigenvalue weighted by atomic mass is 35.5. The van der Waals surface area contributed by atoms with E-state index < -0.39 is 11.7 Å². The van der Waals surface area contributed by atoms with Crippen LogP contribution in [0.3, 0.4) is 0 Å². The number of H-pyrrole nitrogens is 1. The zero-order chi connectivity index (χ0) is 22.5. The van der Waals surface area contributed by atoms with Gasteiger partial charge in [0.05, 0.1) is 21.6 Å². The zero-order valence-corrected chi connectivity index (χ0v) is 18.2. The molecule has 4 aromatic rings. The number of aromatic nitrogens is 4. The molecule has 166 valence electrons. The van der Waals surface area contributed by atoms with Gasteiger partial charge in [-0.3, -0.25) is 4.98 Å². The number of rotatable bonds is 3. The molecule has 1 aliphatic carbocycles. The molecule has 1 aromatic carbocycles. The van der Waals surface area contributed by atoms with Gasteiger partial charge in [0.15, 0.2) is 5.65 Å². The molecule has 3 aromatic heterocycles. The lowest BCUT2D eigenvalue weighted by molar-refractivity contribution is -0.137. The first-order chi connectivity index (χ1) is 15.3. The largest absolute Gasteiger partial charge is 0.416 e. The molecule has 0 aliphatic heterocycles. The number of fused-ring (bicyclic) bond motifs is 2. The molecule has 5 rings (SSSR count). The van der Waals surface area contributed by atoms with E-state index in [9.17, 15) is 13.2 Å². The number of halogens is 4. The van der Waals surface area contributed by atoms with Crippen molar-refractivity contribution in [1.29, 1.82) is 0 Å². The molecule has 0 saturated heterocycles. The first-order valence-electron chi connectivity index (χ1n) is 10.8.